The summed E-state index contributed by atoms with van der Waals surface area (Å²) < 4.78 is 0. The molecule has 1 N–H and O–H groups in total. The molecule has 1 rings (SSSR count). The third kappa shape index (κ3) is 6.84. The SMILES string of the molecule is CCCCCCCCC(=O)N(CCCC)C1CC(C)(C)N(O)C(C)(C)C1. The normalized spacial score (nSPS) is 20.3. The van der Waals surface area contributed by atoms with Gasteiger partial charge in [-0.2, -0.15) is 5.06 Å². The number of unbranched alkanes of at least 4 members (excludes halogenated alkanes) is 6. The molecule has 4 heteroatoms. The molecule has 1 aliphatic heterocycles. The van der Waals surface area contributed by atoms with Gasteiger partial charge in [-0.15, -0.1) is 0 Å². The number of hydrogen-bond donors (Lipinski definition) is 1. The molecule has 1 heterocycles. The van der Waals surface area contributed by atoms with Gasteiger partial charge in [-0.05, 0) is 53.4 Å². The first kappa shape index (κ1) is 23.4. The van der Waals surface area contributed by atoms with Crippen LogP contribution in [0.2, 0.25) is 0 Å². The molecule has 0 aromatic rings. The predicted molar refractivity (Wildman–Crippen MR) is 109 cm³/mol. The van der Waals surface area contributed by atoms with Crippen molar-refractivity contribution in [3.05, 3.63) is 0 Å². The lowest BCUT2D eigenvalue weighted by Crippen LogP contribution is -2.63. The van der Waals surface area contributed by atoms with Gasteiger partial charge in [0.2, 0.25) is 5.91 Å². The maximum atomic E-state index is 13.0. The maximum Gasteiger partial charge on any atom is 0.222 e. The van der Waals surface area contributed by atoms with Gasteiger partial charge in [-0.25, -0.2) is 0 Å². The Morgan fingerprint density at radius 3 is 1.96 bits per heavy atom. The van der Waals surface area contributed by atoms with Crippen LogP contribution in [-0.2, 0) is 4.79 Å². The van der Waals surface area contributed by atoms with Crippen LogP contribution in [0.25, 0.3) is 0 Å². The van der Waals surface area contributed by atoms with E-state index in [-0.39, 0.29) is 17.1 Å². The zero-order valence-electron chi connectivity index (χ0n) is 18.3. The van der Waals surface area contributed by atoms with Gasteiger partial charge in [-0.3, -0.25) is 4.79 Å². The fourth-order valence-electron chi connectivity index (χ4n) is 4.48. The quantitative estimate of drug-likeness (QED) is 0.470. The van der Waals surface area contributed by atoms with E-state index in [2.05, 4.69) is 46.4 Å². The minimum atomic E-state index is -0.308. The smallest absolute Gasteiger partial charge is 0.222 e. The summed E-state index contributed by atoms with van der Waals surface area (Å²) in [5.41, 5.74) is -0.616. The van der Waals surface area contributed by atoms with Gasteiger partial charge in [0.05, 0.1) is 0 Å². The van der Waals surface area contributed by atoms with Crippen LogP contribution in [0.5, 0.6) is 0 Å². The molecule has 0 aromatic heterocycles. The van der Waals surface area contributed by atoms with Crippen molar-refractivity contribution in [3.63, 3.8) is 0 Å². The molecular weight excluding hydrogens is 324 g/mol. The summed E-state index contributed by atoms with van der Waals surface area (Å²) in [5, 5.41) is 12.1. The van der Waals surface area contributed by atoms with Crippen LogP contribution in [0.1, 0.15) is 112 Å². The number of rotatable bonds is 11. The van der Waals surface area contributed by atoms with E-state index in [9.17, 15) is 10.0 Å². The molecule has 0 unspecified atom stereocenters. The van der Waals surface area contributed by atoms with Gasteiger partial charge >= 0.3 is 0 Å². The molecule has 154 valence electrons. The lowest BCUT2D eigenvalue weighted by molar-refractivity contribution is -0.251. The van der Waals surface area contributed by atoms with E-state index in [1.54, 1.807) is 0 Å². The summed E-state index contributed by atoms with van der Waals surface area (Å²) in [7, 11) is 0. The Kier molecular flexibility index (Phi) is 9.60. The fraction of sp³-hybridized carbons (Fsp3) is 0.955. The Morgan fingerprint density at radius 1 is 0.923 bits per heavy atom. The molecule has 1 amide bonds. The van der Waals surface area contributed by atoms with Crippen LogP contribution in [0.15, 0.2) is 0 Å². The highest BCUT2D eigenvalue weighted by molar-refractivity contribution is 5.76. The molecule has 0 aromatic carbocycles. The van der Waals surface area contributed by atoms with E-state index in [0.717, 1.165) is 38.6 Å². The van der Waals surface area contributed by atoms with Crippen molar-refractivity contribution in [1.29, 1.82) is 0 Å². The van der Waals surface area contributed by atoms with Crippen molar-refractivity contribution < 1.29 is 10.0 Å². The van der Waals surface area contributed by atoms with Crippen LogP contribution in [0, 0.1) is 0 Å². The largest absolute Gasteiger partial charge is 0.340 e. The zero-order chi connectivity index (χ0) is 19.8. The lowest BCUT2D eigenvalue weighted by atomic mass is 9.78. The molecule has 1 fully saturated rings. The second kappa shape index (κ2) is 10.7. The number of carbonyl (C=O) groups is 1. The highest BCUT2D eigenvalue weighted by Crippen LogP contribution is 2.39. The third-order valence-electron chi connectivity index (χ3n) is 5.87. The van der Waals surface area contributed by atoms with Gasteiger partial charge in [-0.1, -0.05) is 52.4 Å². The van der Waals surface area contributed by atoms with Crippen molar-refractivity contribution in [2.75, 3.05) is 6.54 Å². The van der Waals surface area contributed by atoms with Gasteiger partial charge in [0, 0.05) is 30.1 Å². The summed E-state index contributed by atoms with van der Waals surface area (Å²) >= 11 is 0. The minimum absolute atomic E-state index is 0.225. The number of amides is 1. The molecule has 1 aliphatic rings. The van der Waals surface area contributed by atoms with Crippen LogP contribution in [0.4, 0.5) is 0 Å². The van der Waals surface area contributed by atoms with E-state index in [1.165, 1.54) is 37.2 Å². The Morgan fingerprint density at radius 2 is 1.42 bits per heavy atom. The molecule has 1 saturated heterocycles. The van der Waals surface area contributed by atoms with Crippen molar-refractivity contribution in [3.8, 4) is 0 Å². The molecule has 0 saturated carbocycles. The van der Waals surface area contributed by atoms with Crippen molar-refractivity contribution in [2.45, 2.75) is 129 Å². The summed E-state index contributed by atoms with van der Waals surface area (Å²) in [6, 6.07) is 0.225. The predicted octanol–water partition coefficient (Wildman–Crippen LogP) is 5.78. The monoisotopic (exact) mass is 368 g/mol. The number of piperidine rings is 1. The summed E-state index contributed by atoms with van der Waals surface area (Å²) in [6.45, 7) is 13.6. The van der Waals surface area contributed by atoms with Crippen molar-refractivity contribution >= 4 is 5.91 Å². The number of nitrogens with zero attached hydrogens (tertiary/aromatic N) is 2. The summed E-state index contributed by atoms with van der Waals surface area (Å²) in [6.07, 6.45) is 11.8. The van der Waals surface area contributed by atoms with Gasteiger partial charge < -0.3 is 10.1 Å². The Bertz CT molecular complexity index is 402. The van der Waals surface area contributed by atoms with Crippen molar-refractivity contribution in [1.82, 2.24) is 9.96 Å². The molecule has 0 radical (unpaired) electrons. The molecule has 0 bridgehead atoms. The maximum absolute atomic E-state index is 13.0. The van der Waals surface area contributed by atoms with Crippen molar-refractivity contribution in [2.24, 2.45) is 0 Å². The highest BCUT2D eigenvalue weighted by atomic mass is 16.5. The zero-order valence-corrected chi connectivity index (χ0v) is 18.3. The summed E-state index contributed by atoms with van der Waals surface area (Å²) in [4.78, 5) is 15.1. The lowest BCUT2D eigenvalue weighted by Gasteiger charge is -2.53. The highest BCUT2D eigenvalue weighted by Gasteiger charge is 2.47. The second-order valence-corrected chi connectivity index (χ2v) is 9.46. The summed E-state index contributed by atoms with van der Waals surface area (Å²) in [5.74, 6) is 0.317. The van der Waals surface area contributed by atoms with E-state index in [0.29, 0.717) is 12.3 Å². The van der Waals surface area contributed by atoms with Crippen LogP contribution in [-0.4, -0.2) is 44.7 Å². The number of hydroxylamine groups is 2. The standard InChI is InChI=1S/C22H44N2O2/c1-7-9-11-12-13-14-15-20(25)23(16-10-8-2)19-17-21(3,4)24(26)22(5,6)18-19/h19,26H,7-18H2,1-6H3. The number of hydrogen-bond acceptors (Lipinski definition) is 3. The average Bonchev–Trinajstić information content (AvgIpc) is 2.55. The fourth-order valence-corrected chi connectivity index (χ4v) is 4.48. The van der Waals surface area contributed by atoms with E-state index in [1.807, 2.05) is 0 Å². The topological polar surface area (TPSA) is 43.8 Å². The first-order valence-electron chi connectivity index (χ1n) is 10.9. The molecular formula is C22H44N2O2. The molecule has 4 nitrogen and oxygen atoms in total. The third-order valence-corrected chi connectivity index (χ3v) is 5.87. The molecule has 0 spiro atoms. The molecule has 0 aliphatic carbocycles. The van der Waals surface area contributed by atoms with Gasteiger partial charge in [0.15, 0.2) is 0 Å². The first-order valence-corrected chi connectivity index (χ1v) is 10.9. The van der Waals surface area contributed by atoms with E-state index >= 15 is 0 Å². The van der Waals surface area contributed by atoms with Gasteiger partial charge in [0.25, 0.3) is 0 Å². The van der Waals surface area contributed by atoms with E-state index in [4.69, 9.17) is 0 Å². The average molecular weight is 369 g/mol. The minimum Gasteiger partial charge on any atom is -0.340 e. The number of carbonyl (C=O) groups excluding carboxylic acids is 1. The second-order valence-electron chi connectivity index (χ2n) is 9.46. The Labute approximate surface area is 162 Å². The first-order chi connectivity index (χ1) is 12.2. The molecule has 0 atom stereocenters. The van der Waals surface area contributed by atoms with Crippen LogP contribution >= 0.6 is 0 Å². The van der Waals surface area contributed by atoms with Crippen LogP contribution < -0.4 is 0 Å². The molecule has 26 heavy (non-hydrogen) atoms. The van der Waals surface area contributed by atoms with Crippen LogP contribution in [0.3, 0.4) is 0 Å². The van der Waals surface area contributed by atoms with Gasteiger partial charge in [0.1, 0.15) is 0 Å². The van der Waals surface area contributed by atoms with E-state index < -0.39 is 0 Å². The Hall–Kier alpha value is -0.610. The Balaban J connectivity index is 2.68.